The van der Waals surface area contributed by atoms with E-state index in [2.05, 4.69) is 5.32 Å². The van der Waals surface area contributed by atoms with Crippen molar-refractivity contribution in [3.05, 3.63) is 101 Å². The summed E-state index contributed by atoms with van der Waals surface area (Å²) in [6.07, 6.45) is 0.761. The zero-order chi connectivity index (χ0) is 20.9. The Morgan fingerprint density at radius 3 is 2.28 bits per heavy atom. The number of rotatable bonds is 7. The molecule has 0 aliphatic carbocycles. The monoisotopic (exact) mass is 407 g/mol. The van der Waals surface area contributed by atoms with Gasteiger partial charge in [0.1, 0.15) is 0 Å². The van der Waals surface area contributed by atoms with Gasteiger partial charge in [-0.2, -0.15) is 0 Å². The molecule has 0 aromatic heterocycles. The number of sulfone groups is 1. The van der Waals surface area contributed by atoms with E-state index in [0.717, 1.165) is 12.0 Å². The van der Waals surface area contributed by atoms with Gasteiger partial charge in [-0.3, -0.25) is 4.79 Å². The van der Waals surface area contributed by atoms with Crippen molar-refractivity contribution in [2.24, 2.45) is 0 Å². The van der Waals surface area contributed by atoms with Crippen LogP contribution in [0, 0.1) is 6.92 Å². The second-order valence-corrected chi connectivity index (χ2v) is 9.11. The number of hydrogen-bond acceptors (Lipinski definition) is 3. The summed E-state index contributed by atoms with van der Waals surface area (Å²) in [5, 5.41) is 3.05. The fourth-order valence-corrected chi connectivity index (χ4v) is 4.55. The molecule has 0 radical (unpaired) electrons. The molecule has 0 fully saturated rings. The van der Waals surface area contributed by atoms with Gasteiger partial charge in [0.15, 0.2) is 9.84 Å². The second-order valence-electron chi connectivity index (χ2n) is 7.12. The van der Waals surface area contributed by atoms with E-state index in [1.807, 2.05) is 38.1 Å². The van der Waals surface area contributed by atoms with Crippen LogP contribution in [0.1, 0.15) is 46.4 Å². The van der Waals surface area contributed by atoms with E-state index >= 15 is 0 Å². The maximum Gasteiger partial charge on any atom is 0.251 e. The molecule has 150 valence electrons. The van der Waals surface area contributed by atoms with Gasteiger partial charge in [-0.05, 0) is 48.7 Å². The number of carbonyl (C=O) groups excluding carboxylic acids is 1. The van der Waals surface area contributed by atoms with E-state index < -0.39 is 9.84 Å². The molecule has 0 saturated carbocycles. The Bertz CT molecular complexity index is 1070. The molecule has 5 heteroatoms. The first-order valence-corrected chi connectivity index (χ1v) is 11.3. The predicted octanol–water partition coefficient (Wildman–Crippen LogP) is 4.85. The third kappa shape index (κ3) is 5.33. The number of amides is 1. The van der Waals surface area contributed by atoms with Gasteiger partial charge in [0.05, 0.1) is 16.7 Å². The van der Waals surface area contributed by atoms with Crippen LogP contribution in [0.5, 0.6) is 0 Å². The van der Waals surface area contributed by atoms with E-state index in [0.29, 0.717) is 11.1 Å². The Morgan fingerprint density at radius 1 is 0.931 bits per heavy atom. The molecule has 0 heterocycles. The molecule has 0 aliphatic rings. The van der Waals surface area contributed by atoms with E-state index in [1.165, 1.54) is 5.56 Å². The summed E-state index contributed by atoms with van der Waals surface area (Å²) in [7, 11) is -3.46. The van der Waals surface area contributed by atoms with Gasteiger partial charge >= 0.3 is 0 Å². The van der Waals surface area contributed by atoms with Crippen LogP contribution in [-0.4, -0.2) is 14.3 Å². The van der Waals surface area contributed by atoms with Crippen molar-refractivity contribution in [1.82, 2.24) is 5.32 Å². The topological polar surface area (TPSA) is 63.2 Å². The molecule has 0 bridgehead atoms. The highest BCUT2D eigenvalue weighted by Crippen LogP contribution is 2.20. The van der Waals surface area contributed by atoms with E-state index in [4.69, 9.17) is 0 Å². The second kappa shape index (κ2) is 9.05. The Kier molecular flexibility index (Phi) is 6.49. The molecule has 1 unspecified atom stereocenters. The van der Waals surface area contributed by atoms with Gasteiger partial charge in [-0.15, -0.1) is 0 Å². The van der Waals surface area contributed by atoms with Gasteiger partial charge in [0, 0.05) is 5.56 Å². The first kappa shape index (κ1) is 20.8. The lowest BCUT2D eigenvalue weighted by molar-refractivity contribution is 0.0935. The van der Waals surface area contributed by atoms with Crippen molar-refractivity contribution in [1.29, 1.82) is 0 Å². The van der Waals surface area contributed by atoms with Gasteiger partial charge in [-0.1, -0.05) is 67.1 Å². The highest BCUT2D eigenvalue weighted by molar-refractivity contribution is 7.90. The predicted molar refractivity (Wildman–Crippen MR) is 115 cm³/mol. The number of hydrogen-bond donors (Lipinski definition) is 1. The van der Waals surface area contributed by atoms with Gasteiger partial charge in [0.25, 0.3) is 5.91 Å². The molecule has 1 N–H and O–H groups in total. The largest absolute Gasteiger partial charge is 0.345 e. The van der Waals surface area contributed by atoms with Crippen molar-refractivity contribution in [2.45, 2.75) is 37.0 Å². The molecule has 3 aromatic carbocycles. The van der Waals surface area contributed by atoms with Crippen LogP contribution in [0.15, 0.2) is 83.8 Å². The lowest BCUT2D eigenvalue weighted by atomic mass is 10.0. The first-order chi connectivity index (χ1) is 13.9. The molecular formula is C24H25NO3S. The van der Waals surface area contributed by atoms with Crippen molar-refractivity contribution in [2.75, 3.05) is 0 Å². The maximum atomic E-state index is 12.8. The van der Waals surface area contributed by atoms with Crippen molar-refractivity contribution >= 4 is 15.7 Å². The minimum atomic E-state index is -3.46. The standard InChI is InChI=1S/C24H25NO3S/c1-3-23(20-14-12-18(2)13-15-20)25-24(26)21-9-7-8-19(16-21)17-29(27,28)22-10-5-4-6-11-22/h4-16,23H,3,17H2,1-2H3,(H,25,26). The Balaban J connectivity index is 1.76. The molecule has 0 saturated heterocycles. The highest BCUT2D eigenvalue weighted by atomic mass is 32.2. The Morgan fingerprint density at radius 2 is 1.62 bits per heavy atom. The number of nitrogens with one attached hydrogen (secondary N) is 1. The smallest absolute Gasteiger partial charge is 0.251 e. The minimum absolute atomic E-state index is 0.0974. The zero-order valence-electron chi connectivity index (χ0n) is 16.6. The lowest BCUT2D eigenvalue weighted by Gasteiger charge is -2.18. The highest BCUT2D eigenvalue weighted by Gasteiger charge is 2.17. The van der Waals surface area contributed by atoms with Crippen LogP contribution in [0.3, 0.4) is 0 Å². The minimum Gasteiger partial charge on any atom is -0.345 e. The molecule has 1 amide bonds. The number of carbonyl (C=O) groups is 1. The van der Waals surface area contributed by atoms with Crippen molar-refractivity contribution in [3.8, 4) is 0 Å². The first-order valence-electron chi connectivity index (χ1n) is 9.63. The van der Waals surface area contributed by atoms with E-state index in [1.54, 1.807) is 54.6 Å². The maximum absolute atomic E-state index is 12.8. The SMILES string of the molecule is CCC(NC(=O)c1cccc(CS(=O)(=O)c2ccccc2)c1)c1ccc(C)cc1. The van der Waals surface area contributed by atoms with Crippen molar-refractivity contribution in [3.63, 3.8) is 0 Å². The zero-order valence-corrected chi connectivity index (χ0v) is 17.4. The van der Waals surface area contributed by atoms with E-state index in [-0.39, 0.29) is 22.6 Å². The molecule has 4 nitrogen and oxygen atoms in total. The summed E-state index contributed by atoms with van der Waals surface area (Å²) in [5.41, 5.74) is 3.26. The average molecular weight is 408 g/mol. The van der Waals surface area contributed by atoms with Crippen molar-refractivity contribution < 1.29 is 13.2 Å². The van der Waals surface area contributed by atoms with Crippen LogP contribution < -0.4 is 5.32 Å². The Labute approximate surface area is 172 Å². The fourth-order valence-electron chi connectivity index (χ4n) is 3.19. The summed E-state index contributed by atoms with van der Waals surface area (Å²) in [5.74, 6) is -0.357. The number of benzene rings is 3. The molecule has 3 aromatic rings. The summed E-state index contributed by atoms with van der Waals surface area (Å²) < 4.78 is 25.2. The molecule has 1 atom stereocenters. The third-order valence-corrected chi connectivity index (χ3v) is 6.55. The Hall–Kier alpha value is -2.92. The normalized spacial score (nSPS) is 12.3. The molecule has 3 rings (SSSR count). The van der Waals surface area contributed by atoms with Crippen LogP contribution in [-0.2, 0) is 15.6 Å². The van der Waals surface area contributed by atoms with Crippen LogP contribution in [0.2, 0.25) is 0 Å². The average Bonchev–Trinajstić information content (AvgIpc) is 2.73. The lowest BCUT2D eigenvalue weighted by Crippen LogP contribution is -2.28. The van der Waals surface area contributed by atoms with Gasteiger partial charge in [0.2, 0.25) is 0 Å². The molecule has 0 aliphatic heterocycles. The summed E-state index contributed by atoms with van der Waals surface area (Å²) in [6.45, 7) is 4.05. The molecular weight excluding hydrogens is 382 g/mol. The summed E-state index contributed by atoms with van der Waals surface area (Å²) >= 11 is 0. The van der Waals surface area contributed by atoms with Crippen LogP contribution in [0.4, 0.5) is 0 Å². The summed E-state index contributed by atoms with van der Waals surface area (Å²) in [4.78, 5) is 13.1. The van der Waals surface area contributed by atoms with Crippen LogP contribution >= 0.6 is 0 Å². The fraction of sp³-hybridized carbons (Fsp3) is 0.208. The van der Waals surface area contributed by atoms with Gasteiger partial charge in [-0.25, -0.2) is 8.42 Å². The third-order valence-electron chi connectivity index (χ3n) is 4.84. The molecule has 29 heavy (non-hydrogen) atoms. The molecule has 0 spiro atoms. The number of aryl methyl sites for hydroxylation is 1. The summed E-state index contributed by atoms with van der Waals surface area (Å²) in [6, 6.07) is 23.2. The quantitative estimate of drug-likeness (QED) is 0.609. The van der Waals surface area contributed by atoms with Gasteiger partial charge < -0.3 is 5.32 Å². The van der Waals surface area contributed by atoms with Crippen LogP contribution in [0.25, 0.3) is 0 Å². The van der Waals surface area contributed by atoms with E-state index in [9.17, 15) is 13.2 Å².